The Morgan fingerprint density at radius 2 is 1.79 bits per heavy atom. The highest BCUT2D eigenvalue weighted by molar-refractivity contribution is 5.93. The molecule has 0 amide bonds. The highest BCUT2D eigenvalue weighted by Gasteiger charge is 2.20. The lowest BCUT2D eigenvalue weighted by molar-refractivity contribution is 0.460. The maximum atomic E-state index is 11.5. The van der Waals surface area contributed by atoms with Crippen LogP contribution >= 0.6 is 0 Å². The van der Waals surface area contributed by atoms with E-state index in [0.717, 1.165) is 35.4 Å². The summed E-state index contributed by atoms with van der Waals surface area (Å²) in [6.45, 7) is 6.66. The number of aromatic amines is 2. The van der Waals surface area contributed by atoms with Crippen molar-refractivity contribution in [1.82, 2.24) is 15.3 Å². The van der Waals surface area contributed by atoms with Crippen LogP contribution < -0.4 is 11.1 Å². The summed E-state index contributed by atoms with van der Waals surface area (Å²) in [7, 11) is 0. The molecular weight excluding hydrogens is 350 g/mol. The van der Waals surface area contributed by atoms with Gasteiger partial charge in [-0.3, -0.25) is 4.98 Å². The maximum Gasteiger partial charge on any atom is 0.417 e. The van der Waals surface area contributed by atoms with Gasteiger partial charge >= 0.3 is 5.76 Å². The Balaban J connectivity index is 1.67. The smallest absolute Gasteiger partial charge is 0.408 e. The van der Waals surface area contributed by atoms with E-state index in [-0.39, 0.29) is 0 Å². The van der Waals surface area contributed by atoms with Gasteiger partial charge in [-0.2, -0.15) is 0 Å². The van der Waals surface area contributed by atoms with Crippen LogP contribution in [0.1, 0.15) is 49.7 Å². The molecule has 0 bridgehead atoms. The van der Waals surface area contributed by atoms with Gasteiger partial charge in [-0.25, -0.2) is 4.79 Å². The second-order valence-electron chi connectivity index (χ2n) is 8.12. The third-order valence-electron chi connectivity index (χ3n) is 5.96. The first-order valence-corrected chi connectivity index (χ1v) is 10.1. The number of hydrogen-bond acceptors (Lipinski definition) is 3. The van der Waals surface area contributed by atoms with Crippen LogP contribution in [0.3, 0.4) is 0 Å². The van der Waals surface area contributed by atoms with Crippen molar-refractivity contribution in [2.45, 2.75) is 38.5 Å². The molecule has 1 aliphatic rings. The van der Waals surface area contributed by atoms with Gasteiger partial charge in [-0.15, -0.1) is 0 Å². The van der Waals surface area contributed by atoms with E-state index < -0.39 is 5.76 Å². The van der Waals surface area contributed by atoms with Crippen LogP contribution in [0.25, 0.3) is 33.3 Å². The van der Waals surface area contributed by atoms with Crippen molar-refractivity contribution in [3.05, 3.63) is 58.1 Å². The van der Waals surface area contributed by atoms with Gasteiger partial charge in [0.05, 0.1) is 11.2 Å². The molecule has 5 heteroatoms. The molecule has 1 aliphatic heterocycles. The fourth-order valence-electron chi connectivity index (χ4n) is 4.57. The number of H-pyrrole nitrogens is 2. The molecule has 5 rings (SSSR count). The minimum absolute atomic E-state index is 0.376. The highest BCUT2D eigenvalue weighted by atomic mass is 16.4. The highest BCUT2D eigenvalue weighted by Crippen LogP contribution is 2.38. The van der Waals surface area contributed by atoms with Crippen molar-refractivity contribution in [1.29, 1.82) is 0 Å². The van der Waals surface area contributed by atoms with Gasteiger partial charge in [-0.05, 0) is 73.2 Å². The van der Waals surface area contributed by atoms with Gasteiger partial charge in [-0.1, -0.05) is 26.0 Å². The molecule has 0 atom stereocenters. The lowest BCUT2D eigenvalue weighted by Gasteiger charge is -2.23. The standard InChI is InChI=1S/C23H25N3O2/c1-13(2)21-17-11-15(14-7-9-24-10-8-14)3-5-18(17)25-22(21)16-4-6-19-20(12-16)28-23(27)26-19/h3-6,11-14,24-25H,7-10H2,1-2H3,(H,26,27). The first-order valence-electron chi connectivity index (χ1n) is 10.1. The molecule has 4 aromatic rings. The molecular formula is C23H25N3O2. The SMILES string of the molecule is CC(C)c1c(-c2ccc3[nH]c(=O)oc3c2)[nH]c2ccc(C3CCNCC3)cc12. The van der Waals surface area contributed by atoms with E-state index in [4.69, 9.17) is 4.42 Å². The van der Waals surface area contributed by atoms with E-state index in [1.165, 1.54) is 29.4 Å². The lowest BCUT2D eigenvalue weighted by atomic mass is 9.88. The summed E-state index contributed by atoms with van der Waals surface area (Å²) in [5.41, 5.74) is 7.38. The summed E-state index contributed by atoms with van der Waals surface area (Å²) in [6.07, 6.45) is 2.39. The molecule has 0 radical (unpaired) electrons. The van der Waals surface area contributed by atoms with Crippen LogP contribution in [0.2, 0.25) is 0 Å². The molecule has 2 aromatic carbocycles. The van der Waals surface area contributed by atoms with Crippen molar-refractivity contribution in [3.8, 4) is 11.3 Å². The van der Waals surface area contributed by atoms with Gasteiger partial charge in [0, 0.05) is 16.5 Å². The van der Waals surface area contributed by atoms with Gasteiger partial charge < -0.3 is 14.7 Å². The molecule has 0 aliphatic carbocycles. The summed E-state index contributed by atoms with van der Waals surface area (Å²) in [5.74, 6) is 0.593. The number of aromatic nitrogens is 2. The van der Waals surface area contributed by atoms with E-state index in [1.807, 2.05) is 18.2 Å². The second kappa shape index (κ2) is 6.67. The number of benzene rings is 2. The van der Waals surface area contributed by atoms with Crippen LogP contribution in [0.15, 0.2) is 45.6 Å². The molecule has 0 saturated carbocycles. The third kappa shape index (κ3) is 2.87. The van der Waals surface area contributed by atoms with Crippen LogP contribution in [0.5, 0.6) is 0 Å². The zero-order valence-corrected chi connectivity index (χ0v) is 16.3. The second-order valence-corrected chi connectivity index (χ2v) is 8.12. The van der Waals surface area contributed by atoms with Gasteiger partial charge in [0.25, 0.3) is 0 Å². The van der Waals surface area contributed by atoms with Crippen molar-refractivity contribution in [2.75, 3.05) is 13.1 Å². The van der Waals surface area contributed by atoms with E-state index in [9.17, 15) is 4.79 Å². The molecule has 28 heavy (non-hydrogen) atoms. The summed E-state index contributed by atoms with van der Waals surface area (Å²) >= 11 is 0. The topological polar surface area (TPSA) is 73.8 Å². The van der Waals surface area contributed by atoms with Crippen LogP contribution in [-0.2, 0) is 0 Å². The first-order chi connectivity index (χ1) is 13.6. The minimum Gasteiger partial charge on any atom is -0.408 e. The molecule has 5 nitrogen and oxygen atoms in total. The van der Waals surface area contributed by atoms with Crippen molar-refractivity contribution >= 4 is 22.0 Å². The zero-order valence-electron chi connectivity index (χ0n) is 16.3. The van der Waals surface area contributed by atoms with E-state index in [2.05, 4.69) is 47.3 Å². The molecule has 3 heterocycles. The largest absolute Gasteiger partial charge is 0.417 e. The van der Waals surface area contributed by atoms with Crippen molar-refractivity contribution < 1.29 is 4.42 Å². The van der Waals surface area contributed by atoms with Gasteiger partial charge in [0.1, 0.15) is 0 Å². The van der Waals surface area contributed by atoms with Crippen molar-refractivity contribution in [3.63, 3.8) is 0 Å². The molecule has 3 N–H and O–H groups in total. The average Bonchev–Trinajstić information content (AvgIpc) is 3.26. The van der Waals surface area contributed by atoms with E-state index in [1.54, 1.807) is 0 Å². The summed E-state index contributed by atoms with van der Waals surface area (Å²) in [6, 6.07) is 12.8. The summed E-state index contributed by atoms with van der Waals surface area (Å²) in [5, 5.41) is 4.76. The number of rotatable bonds is 3. The monoisotopic (exact) mass is 375 g/mol. The minimum atomic E-state index is -0.417. The molecule has 0 spiro atoms. The van der Waals surface area contributed by atoms with E-state index >= 15 is 0 Å². The predicted molar refractivity (Wildman–Crippen MR) is 113 cm³/mol. The fourth-order valence-corrected chi connectivity index (χ4v) is 4.57. The van der Waals surface area contributed by atoms with Gasteiger partial charge in [0.15, 0.2) is 5.58 Å². The number of oxazole rings is 1. The maximum absolute atomic E-state index is 11.5. The van der Waals surface area contributed by atoms with E-state index in [0.29, 0.717) is 17.4 Å². The van der Waals surface area contributed by atoms with Crippen molar-refractivity contribution in [2.24, 2.45) is 0 Å². The summed E-state index contributed by atoms with van der Waals surface area (Å²) < 4.78 is 5.27. The lowest BCUT2D eigenvalue weighted by Crippen LogP contribution is -2.26. The Bertz CT molecular complexity index is 1210. The van der Waals surface area contributed by atoms with Crippen LogP contribution in [0.4, 0.5) is 0 Å². The number of piperidine rings is 1. The molecule has 1 saturated heterocycles. The van der Waals surface area contributed by atoms with Crippen LogP contribution in [0, 0.1) is 0 Å². The summed E-state index contributed by atoms with van der Waals surface area (Å²) in [4.78, 5) is 17.8. The molecule has 144 valence electrons. The number of nitrogens with one attached hydrogen (secondary N) is 3. The molecule has 0 unspecified atom stereocenters. The Morgan fingerprint density at radius 3 is 2.57 bits per heavy atom. The third-order valence-corrected chi connectivity index (χ3v) is 5.96. The Labute approximate surface area is 163 Å². The normalized spacial score (nSPS) is 15.8. The fraction of sp³-hybridized carbons (Fsp3) is 0.348. The number of hydrogen-bond donors (Lipinski definition) is 3. The predicted octanol–water partition coefficient (Wildman–Crippen LogP) is 4.86. The zero-order chi connectivity index (χ0) is 19.3. The van der Waals surface area contributed by atoms with Gasteiger partial charge in [0.2, 0.25) is 0 Å². The average molecular weight is 375 g/mol. The molecule has 1 fully saturated rings. The Morgan fingerprint density at radius 1 is 1.00 bits per heavy atom. The Kier molecular flexibility index (Phi) is 4.13. The number of fused-ring (bicyclic) bond motifs is 2. The Hall–Kier alpha value is -2.79. The first kappa shape index (κ1) is 17.3. The quantitative estimate of drug-likeness (QED) is 0.479. The van der Waals surface area contributed by atoms with Crippen LogP contribution in [-0.4, -0.2) is 23.1 Å². The molecule has 2 aromatic heterocycles.